The quantitative estimate of drug-likeness (QED) is 0.778. The first-order valence-corrected chi connectivity index (χ1v) is 7.50. The minimum Gasteiger partial charge on any atom is -0.331 e. The number of likely N-dealkylation sites (tertiary alicyclic amines) is 1. The molecule has 1 aromatic heterocycles. The zero-order valence-corrected chi connectivity index (χ0v) is 12.2. The Balaban J connectivity index is 1.93. The fourth-order valence-electron chi connectivity index (χ4n) is 3.48. The molecule has 2 heteroatoms. The molecule has 0 aliphatic carbocycles. The summed E-state index contributed by atoms with van der Waals surface area (Å²) in [6.45, 7) is 8.32. The lowest BCUT2D eigenvalue weighted by Crippen LogP contribution is -2.45. The third kappa shape index (κ3) is 2.18. The molecule has 3 unspecified atom stereocenters. The molecule has 0 spiro atoms. The smallest absolute Gasteiger partial charge is 0.0838 e. The number of hydrogen-bond donors (Lipinski definition) is 0. The van der Waals surface area contributed by atoms with Crippen LogP contribution in [0.1, 0.15) is 39.8 Å². The van der Waals surface area contributed by atoms with Crippen molar-refractivity contribution in [3.05, 3.63) is 36.5 Å². The van der Waals surface area contributed by atoms with Gasteiger partial charge in [0.05, 0.1) is 6.17 Å². The van der Waals surface area contributed by atoms with Crippen LogP contribution in [-0.2, 0) is 0 Å². The molecule has 0 bridgehead atoms. The van der Waals surface area contributed by atoms with Gasteiger partial charge in [0.25, 0.3) is 0 Å². The Kier molecular flexibility index (Phi) is 3.36. The van der Waals surface area contributed by atoms with Crippen molar-refractivity contribution in [1.82, 2.24) is 9.47 Å². The van der Waals surface area contributed by atoms with Crippen LogP contribution in [0.3, 0.4) is 0 Å². The van der Waals surface area contributed by atoms with Gasteiger partial charge in [0.2, 0.25) is 0 Å². The van der Waals surface area contributed by atoms with Gasteiger partial charge in [0.1, 0.15) is 0 Å². The van der Waals surface area contributed by atoms with Crippen LogP contribution in [0.25, 0.3) is 10.9 Å². The van der Waals surface area contributed by atoms with Gasteiger partial charge in [-0.15, -0.1) is 0 Å². The number of fused-ring (bicyclic) bond motifs is 1. The summed E-state index contributed by atoms with van der Waals surface area (Å²) in [5, 5.41) is 1.34. The molecular weight excluding hydrogens is 232 g/mol. The maximum atomic E-state index is 2.65. The Labute approximate surface area is 116 Å². The number of nitrogens with zero attached hydrogens (tertiary/aromatic N) is 2. The van der Waals surface area contributed by atoms with Crippen molar-refractivity contribution in [3.63, 3.8) is 0 Å². The van der Waals surface area contributed by atoms with E-state index in [9.17, 15) is 0 Å². The number of benzene rings is 1. The molecule has 0 radical (unpaired) electrons. The van der Waals surface area contributed by atoms with Crippen molar-refractivity contribution in [2.24, 2.45) is 5.92 Å². The molecule has 0 amide bonds. The molecule has 3 rings (SSSR count). The Morgan fingerprint density at radius 2 is 1.95 bits per heavy atom. The van der Waals surface area contributed by atoms with Crippen molar-refractivity contribution in [2.45, 2.75) is 45.8 Å². The lowest BCUT2D eigenvalue weighted by molar-refractivity contribution is 0.0456. The fourth-order valence-corrected chi connectivity index (χ4v) is 3.48. The average Bonchev–Trinajstić information content (AvgIpc) is 2.85. The summed E-state index contributed by atoms with van der Waals surface area (Å²) >= 11 is 0. The summed E-state index contributed by atoms with van der Waals surface area (Å²) < 4.78 is 2.42. The summed E-state index contributed by atoms with van der Waals surface area (Å²) in [6, 6.07) is 11.6. The first-order valence-electron chi connectivity index (χ1n) is 7.50. The third-order valence-electron chi connectivity index (χ3n) is 4.93. The number of hydrogen-bond acceptors (Lipinski definition) is 1. The van der Waals surface area contributed by atoms with Crippen LogP contribution < -0.4 is 0 Å². The maximum absolute atomic E-state index is 2.65. The predicted molar refractivity (Wildman–Crippen MR) is 81.2 cm³/mol. The van der Waals surface area contributed by atoms with Crippen LogP contribution in [0.4, 0.5) is 0 Å². The van der Waals surface area contributed by atoms with Crippen LogP contribution in [0.5, 0.6) is 0 Å². The monoisotopic (exact) mass is 256 g/mol. The number of aromatic nitrogens is 1. The van der Waals surface area contributed by atoms with Gasteiger partial charge in [0, 0.05) is 24.3 Å². The molecule has 102 valence electrons. The Morgan fingerprint density at radius 3 is 2.79 bits per heavy atom. The van der Waals surface area contributed by atoms with Crippen LogP contribution in [-0.4, -0.2) is 22.1 Å². The number of para-hydroxylation sites is 1. The van der Waals surface area contributed by atoms with Crippen molar-refractivity contribution in [3.8, 4) is 0 Å². The molecule has 0 N–H and O–H groups in total. The highest BCUT2D eigenvalue weighted by Crippen LogP contribution is 2.30. The fraction of sp³-hybridized carbons (Fsp3) is 0.529. The minimum absolute atomic E-state index is 0.442. The molecule has 1 fully saturated rings. The zero-order chi connectivity index (χ0) is 13.4. The zero-order valence-electron chi connectivity index (χ0n) is 12.2. The van der Waals surface area contributed by atoms with E-state index in [-0.39, 0.29) is 0 Å². The van der Waals surface area contributed by atoms with Crippen molar-refractivity contribution in [1.29, 1.82) is 0 Å². The summed E-state index contributed by atoms with van der Waals surface area (Å²) in [5.41, 5.74) is 1.35. The summed E-state index contributed by atoms with van der Waals surface area (Å²) in [4.78, 5) is 2.65. The molecule has 2 aromatic rings. The van der Waals surface area contributed by atoms with E-state index in [0.29, 0.717) is 12.2 Å². The molecule has 1 saturated heterocycles. The highest BCUT2D eigenvalue weighted by Gasteiger charge is 2.29. The van der Waals surface area contributed by atoms with Gasteiger partial charge in [-0.05, 0) is 50.1 Å². The molecule has 1 aromatic carbocycles. The lowest BCUT2D eigenvalue weighted by atomic mass is 9.92. The van der Waals surface area contributed by atoms with Gasteiger partial charge >= 0.3 is 0 Å². The van der Waals surface area contributed by atoms with E-state index in [4.69, 9.17) is 0 Å². The Morgan fingerprint density at radius 1 is 1.16 bits per heavy atom. The van der Waals surface area contributed by atoms with Crippen molar-refractivity contribution >= 4 is 10.9 Å². The molecule has 3 atom stereocenters. The number of rotatable bonds is 2. The van der Waals surface area contributed by atoms with E-state index < -0.39 is 0 Å². The van der Waals surface area contributed by atoms with E-state index in [1.54, 1.807) is 0 Å². The van der Waals surface area contributed by atoms with Gasteiger partial charge in [-0.1, -0.05) is 25.1 Å². The van der Waals surface area contributed by atoms with E-state index >= 15 is 0 Å². The van der Waals surface area contributed by atoms with Gasteiger partial charge in [-0.25, -0.2) is 0 Å². The first kappa shape index (κ1) is 12.7. The Hall–Kier alpha value is -1.28. The highest BCUT2D eigenvalue weighted by molar-refractivity contribution is 5.80. The minimum atomic E-state index is 0.442. The summed E-state index contributed by atoms with van der Waals surface area (Å²) in [5.74, 6) is 0.804. The number of piperidine rings is 1. The van der Waals surface area contributed by atoms with E-state index in [1.807, 2.05) is 0 Å². The standard InChI is InChI=1S/C17H24N2/c1-13-7-6-11-18(14(13)2)15(3)19-12-10-16-8-4-5-9-17(16)19/h4-5,8-10,12-15H,6-7,11H2,1-3H3. The maximum Gasteiger partial charge on any atom is 0.0838 e. The summed E-state index contributed by atoms with van der Waals surface area (Å²) in [7, 11) is 0. The van der Waals surface area contributed by atoms with Crippen molar-refractivity contribution < 1.29 is 0 Å². The molecule has 19 heavy (non-hydrogen) atoms. The average molecular weight is 256 g/mol. The molecule has 2 heterocycles. The molecule has 0 saturated carbocycles. The van der Waals surface area contributed by atoms with Gasteiger partial charge in [-0.2, -0.15) is 0 Å². The molecular formula is C17H24N2. The van der Waals surface area contributed by atoms with E-state index in [0.717, 1.165) is 5.92 Å². The predicted octanol–water partition coefficient (Wildman–Crippen LogP) is 4.28. The second-order valence-electron chi connectivity index (χ2n) is 6.01. The van der Waals surface area contributed by atoms with Gasteiger partial charge in [-0.3, -0.25) is 4.90 Å². The van der Waals surface area contributed by atoms with Gasteiger partial charge in [0.15, 0.2) is 0 Å². The largest absolute Gasteiger partial charge is 0.331 e. The topological polar surface area (TPSA) is 8.17 Å². The highest BCUT2D eigenvalue weighted by atomic mass is 15.3. The van der Waals surface area contributed by atoms with Crippen LogP contribution in [0, 0.1) is 5.92 Å². The van der Waals surface area contributed by atoms with E-state index in [2.05, 4.69) is 66.8 Å². The van der Waals surface area contributed by atoms with Crippen LogP contribution in [0.2, 0.25) is 0 Å². The molecule has 1 aliphatic heterocycles. The van der Waals surface area contributed by atoms with Crippen LogP contribution >= 0.6 is 0 Å². The summed E-state index contributed by atoms with van der Waals surface area (Å²) in [6.07, 6.45) is 5.38. The normalized spacial score (nSPS) is 26.7. The second-order valence-corrected chi connectivity index (χ2v) is 6.01. The molecule has 1 aliphatic rings. The molecule has 2 nitrogen and oxygen atoms in total. The first-order chi connectivity index (χ1) is 9.18. The Bertz CT molecular complexity index is 557. The van der Waals surface area contributed by atoms with Crippen LogP contribution in [0.15, 0.2) is 36.5 Å². The van der Waals surface area contributed by atoms with Gasteiger partial charge < -0.3 is 4.57 Å². The van der Waals surface area contributed by atoms with Crippen molar-refractivity contribution in [2.75, 3.05) is 6.54 Å². The SMILES string of the molecule is CC1CCCN(C(C)n2ccc3ccccc32)C1C. The third-order valence-corrected chi connectivity index (χ3v) is 4.93. The second kappa shape index (κ2) is 5.01. The lowest BCUT2D eigenvalue weighted by Gasteiger charge is -2.42. The van der Waals surface area contributed by atoms with E-state index in [1.165, 1.54) is 30.3 Å².